The van der Waals surface area contributed by atoms with Crippen molar-refractivity contribution in [2.24, 2.45) is 7.05 Å². The van der Waals surface area contributed by atoms with Gasteiger partial charge in [0.05, 0.1) is 13.6 Å². The number of aryl methyl sites for hydroxylation is 2. The maximum atomic E-state index is 10.5. The fraction of sp³-hybridized carbons (Fsp3) is 0.667. The Morgan fingerprint density at radius 2 is 2.05 bits per heavy atom. The van der Waals surface area contributed by atoms with Crippen LogP contribution in [0, 0.1) is 0 Å². The highest BCUT2D eigenvalue weighted by Gasteiger charge is 2.22. The third kappa shape index (κ3) is 10.6. The lowest BCUT2D eigenvalue weighted by atomic mass is 10.7. The average Bonchev–Trinajstić information content (AvgIpc) is 2.73. The minimum absolute atomic E-state index is 0.563. The van der Waals surface area contributed by atoms with E-state index in [0.29, 0.717) is 0 Å². The number of phosphoric acid groups is 1. The van der Waals surface area contributed by atoms with Gasteiger partial charge in [-0.1, -0.05) is 34.8 Å². The van der Waals surface area contributed by atoms with Crippen molar-refractivity contribution in [3.8, 4) is 0 Å². The first-order chi connectivity index (χ1) is 8.59. The lowest BCUT2D eigenvalue weighted by Gasteiger charge is -2.22. The van der Waals surface area contributed by atoms with E-state index in [2.05, 4.69) is 33.1 Å². The largest absolute Gasteiger partial charge is 0.756 e. The zero-order chi connectivity index (χ0) is 15.1. The molecule has 1 heterocycles. The summed E-state index contributed by atoms with van der Waals surface area (Å²) in [4.78, 5) is 10.5. The maximum absolute atomic E-state index is 10.5. The van der Waals surface area contributed by atoms with E-state index in [9.17, 15) is 9.46 Å². The zero-order valence-corrected chi connectivity index (χ0v) is 13.9. The molecule has 10 heteroatoms. The van der Waals surface area contributed by atoms with Crippen molar-refractivity contribution in [1.82, 2.24) is 4.57 Å². The van der Waals surface area contributed by atoms with Crippen LogP contribution in [0.4, 0.5) is 0 Å². The third-order valence-electron chi connectivity index (χ3n) is 1.80. The van der Waals surface area contributed by atoms with Gasteiger partial charge in [-0.05, 0) is 6.92 Å². The number of rotatable bonds is 4. The van der Waals surface area contributed by atoms with Crippen LogP contribution in [0.15, 0.2) is 18.7 Å². The van der Waals surface area contributed by atoms with E-state index in [1.54, 1.807) is 0 Å². The van der Waals surface area contributed by atoms with Crippen LogP contribution in [0.1, 0.15) is 6.92 Å². The summed E-state index contributed by atoms with van der Waals surface area (Å²) in [6, 6.07) is 0. The molecule has 6 nitrogen and oxygen atoms in total. The summed E-state index contributed by atoms with van der Waals surface area (Å²) >= 11 is 15.6. The van der Waals surface area contributed by atoms with Gasteiger partial charge in [-0.25, -0.2) is 9.13 Å². The van der Waals surface area contributed by atoms with Crippen molar-refractivity contribution in [1.29, 1.82) is 0 Å². The number of phosphoric ester groups is 1. The number of halogens is 3. The van der Waals surface area contributed by atoms with E-state index in [1.807, 2.05) is 17.8 Å². The highest BCUT2D eigenvalue weighted by molar-refractivity contribution is 7.45. The fourth-order valence-corrected chi connectivity index (χ4v) is 1.74. The minimum Gasteiger partial charge on any atom is -0.756 e. The van der Waals surface area contributed by atoms with Crippen LogP contribution in [0.3, 0.4) is 0 Å². The van der Waals surface area contributed by atoms with Gasteiger partial charge in [0.2, 0.25) is 10.1 Å². The molecular formula is C9H16Cl3N2O4P. The molecule has 0 aliphatic rings. The summed E-state index contributed by atoms with van der Waals surface area (Å²) in [5, 5.41) is 0. The molecule has 1 aromatic heterocycles. The van der Waals surface area contributed by atoms with Gasteiger partial charge in [0.1, 0.15) is 19.0 Å². The predicted octanol–water partition coefficient (Wildman–Crippen LogP) is 1.82. The molecule has 0 aliphatic heterocycles. The van der Waals surface area contributed by atoms with Crippen LogP contribution in [0.5, 0.6) is 0 Å². The Morgan fingerprint density at radius 3 is 2.32 bits per heavy atom. The molecule has 112 valence electrons. The van der Waals surface area contributed by atoms with Crippen LogP contribution < -0.4 is 9.46 Å². The standard InChI is InChI=1S/C6H11N2.C3H6Cl3O4P/c1-3-8-5-4-7(2)6-8;1-9-11(7,8)10-2-3(4,5)6/h4-6H,3H2,1-2H3;2H2,1H3,(H,7,8)/q+1;/p-1. The van der Waals surface area contributed by atoms with Crippen LogP contribution in [0.2, 0.25) is 0 Å². The molecule has 0 bridgehead atoms. The maximum Gasteiger partial charge on any atom is 0.267 e. The lowest BCUT2D eigenvalue weighted by Crippen LogP contribution is -2.23. The van der Waals surface area contributed by atoms with E-state index in [-0.39, 0.29) is 0 Å². The topological polar surface area (TPSA) is 67.4 Å². The molecule has 1 rings (SSSR count). The monoisotopic (exact) mass is 352 g/mol. The summed E-state index contributed by atoms with van der Waals surface area (Å²) in [5.74, 6) is 0. The van der Waals surface area contributed by atoms with E-state index < -0.39 is 18.2 Å². The van der Waals surface area contributed by atoms with Gasteiger partial charge in [0, 0.05) is 7.11 Å². The number of alkyl halides is 3. The Labute approximate surface area is 127 Å². The van der Waals surface area contributed by atoms with Crippen LogP contribution >= 0.6 is 42.6 Å². The lowest BCUT2D eigenvalue weighted by molar-refractivity contribution is -0.671. The van der Waals surface area contributed by atoms with E-state index >= 15 is 0 Å². The molecule has 0 aliphatic carbocycles. The molecule has 0 N–H and O–H groups in total. The highest BCUT2D eigenvalue weighted by Crippen LogP contribution is 2.40. The number of nitrogens with zero attached hydrogens (tertiary/aromatic N) is 2. The highest BCUT2D eigenvalue weighted by atomic mass is 35.6. The summed E-state index contributed by atoms with van der Waals surface area (Å²) in [7, 11) is -1.30. The van der Waals surface area contributed by atoms with Crippen molar-refractivity contribution in [3.63, 3.8) is 0 Å². The van der Waals surface area contributed by atoms with Gasteiger partial charge in [-0.2, -0.15) is 0 Å². The van der Waals surface area contributed by atoms with Crippen LogP contribution in [0.25, 0.3) is 0 Å². The molecule has 0 saturated carbocycles. The first-order valence-electron chi connectivity index (χ1n) is 5.18. The molecule has 19 heavy (non-hydrogen) atoms. The average molecular weight is 354 g/mol. The second-order valence-electron chi connectivity index (χ2n) is 3.43. The third-order valence-corrected chi connectivity index (χ3v) is 3.02. The van der Waals surface area contributed by atoms with Gasteiger partial charge in [-0.15, -0.1) is 0 Å². The SMILES string of the molecule is CCn1cc[n+](C)c1.COP(=O)([O-])OCC(Cl)(Cl)Cl. The molecular weight excluding hydrogens is 337 g/mol. The van der Waals surface area contributed by atoms with E-state index in [4.69, 9.17) is 34.8 Å². The summed E-state index contributed by atoms with van der Waals surface area (Å²) < 4.78 is 20.9. The number of hydrogen-bond acceptors (Lipinski definition) is 4. The van der Waals surface area contributed by atoms with Crippen molar-refractivity contribution in [2.45, 2.75) is 17.3 Å². The van der Waals surface area contributed by atoms with Crippen molar-refractivity contribution in [3.05, 3.63) is 18.7 Å². The molecule has 0 spiro atoms. The van der Waals surface area contributed by atoms with Gasteiger partial charge in [0.25, 0.3) is 7.82 Å². The van der Waals surface area contributed by atoms with Crippen LogP contribution in [-0.4, -0.2) is 22.1 Å². The Kier molecular flexibility index (Phi) is 8.56. The Morgan fingerprint density at radius 1 is 1.47 bits per heavy atom. The minimum atomic E-state index is -4.27. The van der Waals surface area contributed by atoms with E-state index in [1.165, 1.54) is 0 Å². The molecule has 0 aromatic carbocycles. The first kappa shape index (κ1) is 19.2. The quantitative estimate of drug-likeness (QED) is 0.470. The van der Waals surface area contributed by atoms with E-state index in [0.717, 1.165) is 13.7 Å². The second-order valence-corrected chi connectivity index (χ2v) is 7.46. The molecule has 1 atom stereocenters. The number of aromatic nitrogens is 2. The number of hydrogen-bond donors (Lipinski definition) is 0. The predicted molar refractivity (Wildman–Crippen MR) is 72.1 cm³/mol. The second kappa shape index (κ2) is 8.47. The Bertz CT molecular complexity index is 422. The molecule has 0 fully saturated rings. The van der Waals surface area contributed by atoms with Crippen molar-refractivity contribution >= 4 is 42.6 Å². The van der Waals surface area contributed by atoms with Crippen molar-refractivity contribution < 1.29 is 23.1 Å². The molecule has 0 amide bonds. The van der Waals surface area contributed by atoms with Gasteiger partial charge >= 0.3 is 0 Å². The van der Waals surface area contributed by atoms with Gasteiger partial charge < -0.3 is 13.9 Å². The number of imidazole rings is 1. The van der Waals surface area contributed by atoms with Crippen LogP contribution in [-0.2, 0) is 27.2 Å². The first-order valence-corrected chi connectivity index (χ1v) is 7.78. The zero-order valence-electron chi connectivity index (χ0n) is 10.8. The fourth-order valence-electron chi connectivity index (χ4n) is 0.894. The molecule has 0 saturated heterocycles. The Balaban J connectivity index is 0.000000356. The summed E-state index contributed by atoms with van der Waals surface area (Å²) in [6.07, 6.45) is 6.14. The Hall–Kier alpha value is 0.190. The van der Waals surface area contributed by atoms with Gasteiger partial charge in [-0.3, -0.25) is 4.57 Å². The summed E-state index contributed by atoms with van der Waals surface area (Å²) in [6.45, 7) is 2.62. The molecule has 1 aromatic rings. The smallest absolute Gasteiger partial charge is 0.267 e. The van der Waals surface area contributed by atoms with Gasteiger partial charge in [0.15, 0.2) is 0 Å². The molecule has 0 radical (unpaired) electrons. The normalized spacial score (nSPS) is 14.5. The molecule has 1 unspecified atom stereocenters. The van der Waals surface area contributed by atoms with Crippen molar-refractivity contribution in [2.75, 3.05) is 13.7 Å². The summed E-state index contributed by atoms with van der Waals surface area (Å²) in [5.41, 5.74) is 0.